The molecule has 18 heavy (non-hydrogen) atoms. The van der Waals surface area contributed by atoms with Crippen LogP contribution in [0.25, 0.3) is 0 Å². The molecule has 5 heteroatoms. The van der Waals surface area contributed by atoms with E-state index in [0.717, 1.165) is 5.69 Å². The topological polar surface area (TPSA) is 12.0 Å². The fourth-order valence-corrected chi connectivity index (χ4v) is 3.66. The third-order valence-electron chi connectivity index (χ3n) is 2.61. The number of hydrogen-bond donors (Lipinski definition) is 1. The van der Waals surface area contributed by atoms with E-state index in [-0.39, 0.29) is 5.82 Å². The smallest absolute Gasteiger partial charge is 0.125 e. The second-order valence-electron chi connectivity index (χ2n) is 4.04. The molecule has 1 heterocycles. The van der Waals surface area contributed by atoms with Crippen molar-refractivity contribution in [2.75, 3.05) is 5.32 Å². The van der Waals surface area contributed by atoms with Crippen molar-refractivity contribution in [1.82, 2.24) is 0 Å². The minimum Gasteiger partial charge on any atom is -0.379 e. The molecule has 0 saturated carbocycles. The van der Waals surface area contributed by atoms with Gasteiger partial charge in [-0.1, -0.05) is 11.6 Å². The zero-order valence-corrected chi connectivity index (χ0v) is 13.1. The third kappa shape index (κ3) is 3.05. The summed E-state index contributed by atoms with van der Waals surface area (Å²) < 4.78 is 13.7. The molecule has 1 N–H and O–H groups in total. The summed E-state index contributed by atoms with van der Waals surface area (Å²) in [6, 6.07) is 4.86. The Bertz CT molecular complexity index is 559. The highest BCUT2D eigenvalue weighted by Gasteiger charge is 2.09. The third-order valence-corrected chi connectivity index (χ3v) is 4.54. The fraction of sp³-hybridized carbons (Fsp3) is 0.231. The normalized spacial score (nSPS) is 10.7. The van der Waals surface area contributed by atoms with Gasteiger partial charge < -0.3 is 5.32 Å². The molecular formula is C13H12BrClFNS. The fourth-order valence-electron chi connectivity index (χ4n) is 1.75. The molecule has 96 valence electrons. The molecule has 0 radical (unpaired) electrons. The molecule has 0 aliphatic heterocycles. The molecule has 2 rings (SSSR count). The molecule has 1 aromatic heterocycles. The van der Waals surface area contributed by atoms with Crippen molar-refractivity contribution >= 4 is 44.6 Å². The summed E-state index contributed by atoms with van der Waals surface area (Å²) in [5.74, 6) is -0.347. The molecule has 0 saturated heterocycles. The van der Waals surface area contributed by atoms with Crippen molar-refractivity contribution < 1.29 is 4.39 Å². The van der Waals surface area contributed by atoms with Crippen molar-refractivity contribution in [2.24, 2.45) is 0 Å². The molecule has 0 spiro atoms. The predicted octanol–water partition coefficient (Wildman–Crippen LogP) is 5.53. The van der Waals surface area contributed by atoms with E-state index in [4.69, 9.17) is 11.6 Å². The lowest BCUT2D eigenvalue weighted by molar-refractivity contribution is 0.627. The SMILES string of the molecule is Cc1cc(CNc2c(Cl)cc(F)cc2Br)c(C)s1. The summed E-state index contributed by atoms with van der Waals surface area (Å²) in [5, 5.41) is 3.62. The van der Waals surface area contributed by atoms with E-state index >= 15 is 0 Å². The van der Waals surface area contributed by atoms with Crippen LogP contribution in [0.1, 0.15) is 15.3 Å². The van der Waals surface area contributed by atoms with Crippen molar-refractivity contribution in [3.8, 4) is 0 Å². The van der Waals surface area contributed by atoms with Crippen LogP contribution in [-0.2, 0) is 6.54 Å². The molecule has 0 amide bonds. The number of benzene rings is 1. The molecule has 2 aromatic rings. The molecule has 0 unspecified atom stereocenters. The summed E-state index contributed by atoms with van der Waals surface area (Å²) in [6.07, 6.45) is 0. The van der Waals surface area contributed by atoms with E-state index in [9.17, 15) is 4.39 Å². The predicted molar refractivity (Wildman–Crippen MR) is 80.2 cm³/mol. The van der Waals surface area contributed by atoms with Gasteiger partial charge in [-0.2, -0.15) is 0 Å². The summed E-state index contributed by atoms with van der Waals surface area (Å²) in [6.45, 7) is 4.86. The van der Waals surface area contributed by atoms with Crippen LogP contribution in [0.15, 0.2) is 22.7 Å². The van der Waals surface area contributed by atoms with Gasteiger partial charge in [-0.3, -0.25) is 0 Å². The van der Waals surface area contributed by atoms with Gasteiger partial charge in [0.15, 0.2) is 0 Å². The number of aryl methyl sites for hydroxylation is 2. The van der Waals surface area contributed by atoms with Gasteiger partial charge in [-0.25, -0.2) is 4.39 Å². The molecule has 0 aliphatic carbocycles. The van der Waals surface area contributed by atoms with Gasteiger partial charge in [0.05, 0.1) is 10.7 Å². The molecule has 0 atom stereocenters. The highest BCUT2D eigenvalue weighted by atomic mass is 79.9. The Hall–Kier alpha value is -0.580. The maximum absolute atomic E-state index is 13.1. The van der Waals surface area contributed by atoms with Crippen LogP contribution in [-0.4, -0.2) is 0 Å². The largest absolute Gasteiger partial charge is 0.379 e. The minimum absolute atomic E-state index is 0.347. The average Bonchev–Trinajstić information content (AvgIpc) is 2.55. The standard InChI is InChI=1S/C13H12BrClFNS/c1-7-3-9(8(2)18-7)6-17-13-11(14)4-10(16)5-12(13)15/h3-5,17H,6H2,1-2H3. The van der Waals surface area contributed by atoms with Gasteiger partial charge in [0.25, 0.3) is 0 Å². The van der Waals surface area contributed by atoms with Crippen molar-refractivity contribution in [1.29, 1.82) is 0 Å². The molecule has 0 aliphatic rings. The van der Waals surface area contributed by atoms with Gasteiger partial charge in [0, 0.05) is 20.8 Å². The molecular weight excluding hydrogens is 337 g/mol. The van der Waals surface area contributed by atoms with E-state index in [1.807, 2.05) is 0 Å². The van der Waals surface area contributed by atoms with Gasteiger partial charge in [0.2, 0.25) is 0 Å². The Morgan fingerprint density at radius 2 is 2.06 bits per heavy atom. The maximum Gasteiger partial charge on any atom is 0.125 e. The van der Waals surface area contributed by atoms with Crippen LogP contribution in [0.5, 0.6) is 0 Å². The minimum atomic E-state index is -0.347. The number of halogens is 3. The van der Waals surface area contributed by atoms with Gasteiger partial charge in [-0.15, -0.1) is 11.3 Å². The first-order valence-corrected chi connectivity index (χ1v) is 7.40. The second kappa shape index (κ2) is 5.59. The van der Waals surface area contributed by atoms with Crippen LogP contribution in [0.4, 0.5) is 10.1 Å². The first-order chi connectivity index (χ1) is 8.47. The number of anilines is 1. The molecule has 0 fully saturated rings. The number of thiophene rings is 1. The van der Waals surface area contributed by atoms with E-state index in [2.05, 4.69) is 41.2 Å². The Morgan fingerprint density at radius 3 is 2.61 bits per heavy atom. The Kier molecular flexibility index (Phi) is 4.30. The lowest BCUT2D eigenvalue weighted by atomic mass is 10.2. The van der Waals surface area contributed by atoms with Gasteiger partial charge >= 0.3 is 0 Å². The van der Waals surface area contributed by atoms with Crippen LogP contribution in [0, 0.1) is 19.7 Å². The number of hydrogen-bond acceptors (Lipinski definition) is 2. The molecule has 1 aromatic carbocycles. The summed E-state index contributed by atoms with van der Waals surface area (Å²) in [4.78, 5) is 2.57. The first kappa shape index (κ1) is 13.8. The Labute approximate surface area is 123 Å². The zero-order valence-electron chi connectivity index (χ0n) is 9.98. The summed E-state index contributed by atoms with van der Waals surface area (Å²) >= 11 is 11.1. The summed E-state index contributed by atoms with van der Waals surface area (Å²) in [5.41, 5.74) is 1.96. The van der Waals surface area contributed by atoms with Crippen LogP contribution < -0.4 is 5.32 Å². The lowest BCUT2D eigenvalue weighted by Crippen LogP contribution is -2.01. The second-order valence-corrected chi connectivity index (χ2v) is 6.76. The van der Waals surface area contributed by atoms with E-state index in [0.29, 0.717) is 16.0 Å². The number of rotatable bonds is 3. The van der Waals surface area contributed by atoms with Gasteiger partial charge in [-0.05, 0) is 53.5 Å². The quantitative estimate of drug-likeness (QED) is 0.768. The van der Waals surface area contributed by atoms with E-state index in [1.165, 1.54) is 27.5 Å². The monoisotopic (exact) mass is 347 g/mol. The summed E-state index contributed by atoms with van der Waals surface area (Å²) in [7, 11) is 0. The van der Waals surface area contributed by atoms with Crippen LogP contribution >= 0.6 is 38.9 Å². The van der Waals surface area contributed by atoms with Crippen LogP contribution in [0.2, 0.25) is 5.02 Å². The Morgan fingerprint density at radius 1 is 1.33 bits per heavy atom. The first-order valence-electron chi connectivity index (χ1n) is 5.41. The number of nitrogens with one attached hydrogen (secondary N) is 1. The van der Waals surface area contributed by atoms with Crippen LogP contribution in [0.3, 0.4) is 0 Å². The van der Waals surface area contributed by atoms with Crippen molar-refractivity contribution in [3.63, 3.8) is 0 Å². The molecule has 1 nitrogen and oxygen atoms in total. The highest BCUT2D eigenvalue weighted by molar-refractivity contribution is 9.10. The van der Waals surface area contributed by atoms with Gasteiger partial charge in [0.1, 0.15) is 5.82 Å². The molecule has 0 bridgehead atoms. The lowest BCUT2D eigenvalue weighted by Gasteiger charge is -2.10. The van der Waals surface area contributed by atoms with Crippen molar-refractivity contribution in [3.05, 3.63) is 48.8 Å². The average molecular weight is 349 g/mol. The maximum atomic E-state index is 13.1. The Balaban J connectivity index is 2.18. The van der Waals surface area contributed by atoms with E-state index in [1.54, 1.807) is 11.3 Å². The van der Waals surface area contributed by atoms with E-state index < -0.39 is 0 Å². The zero-order chi connectivity index (χ0) is 13.3. The van der Waals surface area contributed by atoms with Crippen molar-refractivity contribution in [2.45, 2.75) is 20.4 Å². The highest BCUT2D eigenvalue weighted by Crippen LogP contribution is 2.32.